The number of esters is 1. The average Bonchev–Trinajstić information content (AvgIpc) is 2.96. The van der Waals surface area contributed by atoms with E-state index in [1.165, 1.54) is 6.92 Å². The van der Waals surface area contributed by atoms with Crippen molar-refractivity contribution in [3.05, 3.63) is 0 Å². The number of fused-ring (bicyclic) bond motifs is 1. The molecule has 11 nitrogen and oxygen atoms in total. The number of ether oxygens (including phenoxy) is 4. The van der Waals surface area contributed by atoms with Gasteiger partial charge >= 0.3 is 13.8 Å². The molecule has 0 unspecified atom stereocenters. The quantitative estimate of drug-likeness (QED) is 0.283. The van der Waals surface area contributed by atoms with Crippen molar-refractivity contribution in [1.82, 2.24) is 0 Å². The van der Waals surface area contributed by atoms with E-state index in [2.05, 4.69) is 0 Å². The predicted octanol–water partition coefficient (Wildman–Crippen LogP) is 1.82. The molecule has 0 spiro atoms. The zero-order chi connectivity index (χ0) is 21.5. The van der Waals surface area contributed by atoms with Crippen LogP contribution in [-0.2, 0) is 41.9 Å². The lowest BCUT2D eigenvalue weighted by Gasteiger charge is -2.38. The zero-order valence-corrected chi connectivity index (χ0v) is 17.5. The first kappa shape index (κ1) is 23.7. The predicted molar refractivity (Wildman–Crippen MR) is 95.0 cm³/mol. The van der Waals surface area contributed by atoms with Gasteiger partial charge in [-0.3, -0.25) is 18.4 Å². The van der Waals surface area contributed by atoms with Crippen molar-refractivity contribution in [2.45, 2.75) is 63.8 Å². The number of rotatable bonds is 10. The summed E-state index contributed by atoms with van der Waals surface area (Å²) in [5.41, 5.74) is 0. The highest BCUT2D eigenvalue weighted by Crippen LogP contribution is 2.50. The standard InChI is InChI=1S/C17H25N2O9P/c1-12(20)26-15-14(27-13-10-22-17(2,3)28-16(13)15)11-25-29(21,23-8-4-6-18)24-9-5-7-19/h13-16H,4-5,8-11H2,1-3H3/t13-,14+,15-,16-/m0/s1. The molecule has 2 fully saturated rings. The maximum atomic E-state index is 12.8. The molecule has 0 radical (unpaired) electrons. The summed E-state index contributed by atoms with van der Waals surface area (Å²) in [5, 5.41) is 17.2. The third kappa shape index (κ3) is 7.02. The van der Waals surface area contributed by atoms with E-state index in [-0.39, 0.29) is 39.3 Å². The van der Waals surface area contributed by atoms with Crippen molar-refractivity contribution in [3.63, 3.8) is 0 Å². The van der Waals surface area contributed by atoms with Crippen LogP contribution in [0.3, 0.4) is 0 Å². The molecule has 162 valence electrons. The molecule has 0 aliphatic carbocycles. The lowest BCUT2D eigenvalue weighted by atomic mass is 10.1. The highest BCUT2D eigenvalue weighted by Gasteiger charge is 2.53. The number of phosphoric acid groups is 1. The zero-order valence-electron chi connectivity index (χ0n) is 16.6. The van der Waals surface area contributed by atoms with Crippen molar-refractivity contribution >= 4 is 13.8 Å². The summed E-state index contributed by atoms with van der Waals surface area (Å²) in [6, 6.07) is 3.71. The summed E-state index contributed by atoms with van der Waals surface area (Å²) in [6.45, 7) is 4.32. The largest absolute Gasteiger partial charge is 0.474 e. The molecule has 0 amide bonds. The van der Waals surface area contributed by atoms with E-state index < -0.39 is 44.0 Å². The molecule has 2 rings (SSSR count). The monoisotopic (exact) mass is 432 g/mol. The SMILES string of the molecule is CC(=O)O[C@@H]1[C@H]2OC(C)(C)OC[C@@H]2O[C@@H]1COP(=O)(OCCC#N)OCCC#N. The third-order valence-corrected chi connectivity index (χ3v) is 5.51. The maximum Gasteiger partial charge on any atom is 0.474 e. The topological polar surface area (TPSA) is 146 Å². The van der Waals surface area contributed by atoms with Gasteiger partial charge in [0.15, 0.2) is 11.9 Å². The molecule has 2 heterocycles. The molecular formula is C17H25N2O9P. The fraction of sp³-hybridized carbons (Fsp3) is 0.824. The number of carbonyl (C=O) groups is 1. The Morgan fingerprint density at radius 1 is 1.17 bits per heavy atom. The minimum Gasteiger partial charge on any atom is -0.457 e. The second-order valence-electron chi connectivity index (χ2n) is 6.81. The van der Waals surface area contributed by atoms with E-state index in [4.69, 9.17) is 43.0 Å². The van der Waals surface area contributed by atoms with Gasteiger partial charge in [-0.2, -0.15) is 10.5 Å². The molecule has 0 N–H and O–H groups in total. The van der Waals surface area contributed by atoms with Crippen LogP contribution in [0.2, 0.25) is 0 Å². The van der Waals surface area contributed by atoms with Gasteiger partial charge in [-0.1, -0.05) is 0 Å². The van der Waals surface area contributed by atoms with Gasteiger partial charge in [0, 0.05) is 6.92 Å². The number of hydrogen-bond acceptors (Lipinski definition) is 11. The van der Waals surface area contributed by atoms with Gasteiger partial charge in [0.25, 0.3) is 0 Å². The van der Waals surface area contributed by atoms with E-state index in [0.29, 0.717) is 0 Å². The Morgan fingerprint density at radius 3 is 2.34 bits per heavy atom. The number of phosphoric ester groups is 1. The van der Waals surface area contributed by atoms with Gasteiger partial charge in [0.05, 0.1) is 51.4 Å². The van der Waals surface area contributed by atoms with E-state index in [9.17, 15) is 9.36 Å². The minimum absolute atomic E-state index is 0.0185. The molecule has 2 aliphatic rings. The first-order chi connectivity index (χ1) is 13.7. The van der Waals surface area contributed by atoms with Crippen molar-refractivity contribution in [2.75, 3.05) is 26.4 Å². The summed E-state index contributed by atoms with van der Waals surface area (Å²) < 4.78 is 50.9. The van der Waals surface area contributed by atoms with Crippen LogP contribution in [0.4, 0.5) is 0 Å². The molecular weight excluding hydrogens is 407 g/mol. The van der Waals surface area contributed by atoms with Crippen LogP contribution in [-0.4, -0.2) is 62.6 Å². The fourth-order valence-electron chi connectivity index (χ4n) is 2.88. The van der Waals surface area contributed by atoms with Crippen LogP contribution >= 0.6 is 7.82 Å². The van der Waals surface area contributed by atoms with E-state index in [0.717, 1.165) is 0 Å². The molecule has 2 aliphatic heterocycles. The minimum atomic E-state index is -4.05. The average molecular weight is 432 g/mol. The van der Waals surface area contributed by atoms with Gasteiger partial charge < -0.3 is 18.9 Å². The molecule has 0 aromatic rings. The maximum absolute atomic E-state index is 12.8. The summed E-state index contributed by atoms with van der Waals surface area (Å²) in [7, 11) is -4.05. The number of hydrogen-bond donors (Lipinski definition) is 0. The van der Waals surface area contributed by atoms with Crippen LogP contribution < -0.4 is 0 Å². The van der Waals surface area contributed by atoms with E-state index in [1.807, 2.05) is 12.1 Å². The highest BCUT2D eigenvalue weighted by molar-refractivity contribution is 7.48. The number of nitriles is 2. The number of nitrogens with zero attached hydrogens (tertiary/aromatic N) is 2. The molecule has 0 aromatic carbocycles. The Bertz CT molecular complexity index is 678. The smallest absolute Gasteiger partial charge is 0.457 e. The van der Waals surface area contributed by atoms with Crippen LogP contribution in [0.15, 0.2) is 0 Å². The lowest BCUT2D eigenvalue weighted by Crippen LogP contribution is -2.51. The van der Waals surface area contributed by atoms with Crippen LogP contribution in [0.25, 0.3) is 0 Å². The van der Waals surface area contributed by atoms with E-state index in [1.54, 1.807) is 13.8 Å². The van der Waals surface area contributed by atoms with Crippen molar-refractivity contribution in [2.24, 2.45) is 0 Å². The molecule has 0 bridgehead atoms. The summed E-state index contributed by atoms with van der Waals surface area (Å²) >= 11 is 0. The number of carbonyl (C=O) groups excluding carboxylic acids is 1. The highest BCUT2D eigenvalue weighted by atomic mass is 31.2. The van der Waals surface area contributed by atoms with E-state index >= 15 is 0 Å². The van der Waals surface area contributed by atoms with Gasteiger partial charge in [-0.05, 0) is 13.8 Å². The molecule has 4 atom stereocenters. The van der Waals surface area contributed by atoms with Crippen LogP contribution in [0.5, 0.6) is 0 Å². The fourth-order valence-corrected chi connectivity index (χ4v) is 4.06. The lowest BCUT2D eigenvalue weighted by molar-refractivity contribution is -0.300. The first-order valence-electron chi connectivity index (χ1n) is 9.12. The van der Waals surface area contributed by atoms with Gasteiger partial charge in [-0.25, -0.2) is 4.57 Å². The van der Waals surface area contributed by atoms with Crippen molar-refractivity contribution in [3.8, 4) is 12.1 Å². The summed E-state index contributed by atoms with van der Waals surface area (Å²) in [5.74, 6) is -1.41. The van der Waals surface area contributed by atoms with Gasteiger partial charge in [0.2, 0.25) is 0 Å². The van der Waals surface area contributed by atoms with Gasteiger partial charge in [-0.15, -0.1) is 0 Å². The Morgan fingerprint density at radius 2 is 1.79 bits per heavy atom. The summed E-state index contributed by atoms with van der Waals surface area (Å²) in [6.07, 6.45) is -2.75. The second kappa shape index (κ2) is 10.5. The Hall–Kier alpha value is -1.56. The molecule has 2 saturated heterocycles. The van der Waals surface area contributed by atoms with Crippen molar-refractivity contribution < 1.29 is 41.9 Å². The molecule has 0 aromatic heterocycles. The third-order valence-electron chi connectivity index (χ3n) is 4.05. The Kier molecular flexibility index (Phi) is 8.56. The Balaban J connectivity index is 2.05. The van der Waals surface area contributed by atoms with Crippen LogP contribution in [0, 0.1) is 22.7 Å². The van der Waals surface area contributed by atoms with Crippen molar-refractivity contribution in [1.29, 1.82) is 10.5 Å². The second-order valence-corrected chi connectivity index (χ2v) is 8.48. The Labute approximate surface area is 169 Å². The van der Waals surface area contributed by atoms with Gasteiger partial charge in [0.1, 0.15) is 18.3 Å². The first-order valence-corrected chi connectivity index (χ1v) is 10.6. The summed E-state index contributed by atoms with van der Waals surface area (Å²) in [4.78, 5) is 11.6. The van der Waals surface area contributed by atoms with Crippen LogP contribution in [0.1, 0.15) is 33.6 Å². The molecule has 12 heteroatoms. The molecule has 0 saturated carbocycles. The molecule has 29 heavy (non-hydrogen) atoms. The normalized spacial score (nSPS) is 28.2.